The van der Waals surface area contributed by atoms with Gasteiger partial charge < -0.3 is 4.90 Å². The van der Waals surface area contributed by atoms with E-state index in [1.165, 1.54) is 13.0 Å². The molecular weight excluding hydrogens is 399 g/mol. The third-order valence-electron chi connectivity index (χ3n) is 2.59. The summed E-state index contributed by atoms with van der Waals surface area (Å²) in [7, 11) is 2.06. The van der Waals surface area contributed by atoms with Crippen LogP contribution in [0.3, 0.4) is 0 Å². The number of hydrogen-bond acceptors (Lipinski definition) is 3. The Morgan fingerprint density at radius 2 is 1.90 bits per heavy atom. The van der Waals surface area contributed by atoms with Crippen molar-refractivity contribution in [3.8, 4) is 0 Å². The van der Waals surface area contributed by atoms with Crippen LogP contribution in [0.4, 0.5) is 13.2 Å². The fourth-order valence-electron chi connectivity index (χ4n) is 1.56. The van der Waals surface area contributed by atoms with Crippen molar-refractivity contribution in [2.24, 2.45) is 0 Å². The van der Waals surface area contributed by atoms with Gasteiger partial charge >= 0.3 is 6.18 Å². The summed E-state index contributed by atoms with van der Waals surface area (Å²) in [6.07, 6.45) is -4.55. The van der Waals surface area contributed by atoms with Crippen molar-refractivity contribution in [1.82, 2.24) is 4.90 Å². The van der Waals surface area contributed by atoms with Crippen LogP contribution in [0.1, 0.15) is 15.9 Å². The molecule has 0 spiro atoms. The molecule has 0 heterocycles. The van der Waals surface area contributed by atoms with Gasteiger partial charge in [-0.3, -0.25) is 4.79 Å². The molecule has 0 unspecified atom stereocenters. The van der Waals surface area contributed by atoms with E-state index in [0.29, 0.717) is 10.5 Å². The van der Waals surface area contributed by atoms with Crippen LogP contribution in [-0.4, -0.2) is 39.0 Å². The average molecular weight is 409 g/mol. The maximum absolute atomic E-state index is 12.3. The van der Waals surface area contributed by atoms with Gasteiger partial charge in [0.1, 0.15) is 6.54 Å². The van der Waals surface area contributed by atoms with Gasteiger partial charge in [0.15, 0.2) is 0 Å². The van der Waals surface area contributed by atoms with Gasteiger partial charge in [0.2, 0.25) is 0 Å². The summed E-state index contributed by atoms with van der Waals surface area (Å²) in [6.45, 7) is 0.0319. The first kappa shape index (κ1) is 18.2. The summed E-state index contributed by atoms with van der Waals surface area (Å²) >= 11 is 3.05. The van der Waals surface area contributed by atoms with Crippen LogP contribution in [0, 0.1) is 6.92 Å². The van der Waals surface area contributed by atoms with E-state index in [4.69, 9.17) is 10.7 Å². The predicted molar refractivity (Wildman–Crippen MR) is 74.9 cm³/mol. The smallest absolute Gasteiger partial charge is 0.333 e. The predicted octanol–water partition coefficient (Wildman–Crippen LogP) is 3.32. The number of carbonyl (C=O) groups is 1. The SMILES string of the molecule is Cc1c(Br)cc(S(=O)(=O)Cl)cc1C(=O)N(C)CC(F)(F)F. The molecule has 0 saturated carbocycles. The minimum atomic E-state index is -4.55. The number of carbonyl (C=O) groups excluding carboxylic acids is 1. The Balaban J connectivity index is 3.30. The molecule has 1 aromatic rings. The fourth-order valence-corrected chi connectivity index (χ4v) is 2.96. The molecule has 0 atom stereocenters. The molecule has 0 aliphatic carbocycles. The second-order valence-electron chi connectivity index (χ2n) is 4.29. The van der Waals surface area contributed by atoms with E-state index in [0.717, 1.165) is 13.1 Å². The summed E-state index contributed by atoms with van der Waals surface area (Å²) in [5.41, 5.74) is 0.147. The summed E-state index contributed by atoms with van der Waals surface area (Å²) in [6, 6.07) is 2.13. The number of amides is 1. The summed E-state index contributed by atoms with van der Waals surface area (Å²) in [4.78, 5) is 12.1. The largest absolute Gasteiger partial charge is 0.406 e. The molecule has 1 aromatic carbocycles. The Morgan fingerprint density at radius 3 is 2.33 bits per heavy atom. The summed E-state index contributed by atoms with van der Waals surface area (Å²) < 4.78 is 59.8. The molecule has 21 heavy (non-hydrogen) atoms. The lowest BCUT2D eigenvalue weighted by Crippen LogP contribution is -2.36. The fraction of sp³-hybridized carbons (Fsp3) is 0.364. The van der Waals surface area contributed by atoms with Gasteiger partial charge in [-0.05, 0) is 24.6 Å². The highest BCUT2D eigenvalue weighted by Crippen LogP contribution is 2.28. The van der Waals surface area contributed by atoms with Crippen LogP contribution >= 0.6 is 26.6 Å². The third kappa shape index (κ3) is 4.86. The van der Waals surface area contributed by atoms with Crippen molar-refractivity contribution in [1.29, 1.82) is 0 Å². The molecule has 0 N–H and O–H groups in total. The molecule has 0 bridgehead atoms. The second kappa shape index (κ2) is 6.13. The maximum atomic E-state index is 12.3. The monoisotopic (exact) mass is 407 g/mol. The van der Waals surface area contributed by atoms with Crippen molar-refractivity contribution in [2.75, 3.05) is 13.6 Å². The molecule has 1 amide bonds. The highest BCUT2D eigenvalue weighted by atomic mass is 79.9. The first-order valence-electron chi connectivity index (χ1n) is 5.40. The highest BCUT2D eigenvalue weighted by molar-refractivity contribution is 9.10. The van der Waals surface area contributed by atoms with Crippen molar-refractivity contribution in [3.63, 3.8) is 0 Å². The van der Waals surface area contributed by atoms with Crippen molar-refractivity contribution < 1.29 is 26.4 Å². The molecule has 10 heteroatoms. The quantitative estimate of drug-likeness (QED) is 0.721. The Labute approximate surface area is 132 Å². The van der Waals surface area contributed by atoms with Gasteiger partial charge in [0.05, 0.1) is 4.90 Å². The van der Waals surface area contributed by atoms with E-state index < -0.39 is 27.7 Å². The topological polar surface area (TPSA) is 54.5 Å². The van der Waals surface area contributed by atoms with E-state index in [1.54, 1.807) is 0 Å². The number of benzene rings is 1. The van der Waals surface area contributed by atoms with Crippen molar-refractivity contribution in [3.05, 3.63) is 27.7 Å². The normalized spacial score (nSPS) is 12.3. The number of hydrogen-bond donors (Lipinski definition) is 0. The molecular formula is C11H10BrClF3NO3S. The molecule has 0 aliphatic rings. The molecule has 0 fully saturated rings. The van der Waals surface area contributed by atoms with Gasteiger partial charge in [-0.25, -0.2) is 8.42 Å². The zero-order valence-corrected chi connectivity index (χ0v) is 14.0. The third-order valence-corrected chi connectivity index (χ3v) is 4.75. The Kier molecular flexibility index (Phi) is 5.33. The molecule has 1 rings (SSSR count). The van der Waals surface area contributed by atoms with E-state index in [9.17, 15) is 26.4 Å². The molecule has 4 nitrogen and oxygen atoms in total. The van der Waals surface area contributed by atoms with E-state index in [2.05, 4.69) is 15.9 Å². The van der Waals surface area contributed by atoms with Gasteiger partial charge in [0.25, 0.3) is 15.0 Å². The van der Waals surface area contributed by atoms with Crippen molar-refractivity contribution in [2.45, 2.75) is 18.0 Å². The van der Waals surface area contributed by atoms with Crippen molar-refractivity contribution >= 4 is 41.6 Å². The second-order valence-corrected chi connectivity index (χ2v) is 7.71. The number of nitrogens with zero attached hydrogens (tertiary/aromatic N) is 1. The first-order valence-corrected chi connectivity index (χ1v) is 8.50. The van der Waals surface area contributed by atoms with Crippen LogP contribution in [0.5, 0.6) is 0 Å². The maximum Gasteiger partial charge on any atom is 0.406 e. The lowest BCUT2D eigenvalue weighted by atomic mass is 10.1. The van der Waals surface area contributed by atoms with Gasteiger partial charge in [-0.2, -0.15) is 13.2 Å². The lowest BCUT2D eigenvalue weighted by molar-refractivity contribution is -0.138. The van der Waals surface area contributed by atoms with E-state index >= 15 is 0 Å². The number of alkyl halides is 3. The zero-order valence-electron chi connectivity index (χ0n) is 10.8. The molecule has 0 aromatic heterocycles. The summed E-state index contributed by atoms with van der Waals surface area (Å²) in [5.74, 6) is -0.951. The number of halogens is 5. The first-order chi connectivity index (χ1) is 9.33. The minimum Gasteiger partial charge on any atom is -0.333 e. The molecule has 0 radical (unpaired) electrons. The molecule has 0 saturated heterocycles. The highest BCUT2D eigenvalue weighted by Gasteiger charge is 2.32. The molecule has 0 aliphatic heterocycles. The van der Waals surface area contributed by atoms with Crippen LogP contribution in [0.2, 0.25) is 0 Å². The Bertz CT molecular complexity index is 676. The Hall–Kier alpha value is -0.800. The van der Waals surface area contributed by atoms with E-state index in [1.807, 2.05) is 0 Å². The van der Waals surface area contributed by atoms with Crippen LogP contribution in [-0.2, 0) is 9.05 Å². The minimum absolute atomic E-state index is 0.171. The van der Waals surface area contributed by atoms with Crippen LogP contribution in [0.15, 0.2) is 21.5 Å². The average Bonchev–Trinajstić information content (AvgIpc) is 2.27. The molecule has 118 valence electrons. The lowest BCUT2D eigenvalue weighted by Gasteiger charge is -2.20. The van der Waals surface area contributed by atoms with Gasteiger partial charge in [-0.15, -0.1) is 0 Å². The number of rotatable bonds is 3. The van der Waals surface area contributed by atoms with Crippen LogP contribution in [0.25, 0.3) is 0 Å². The standard InChI is InChI=1S/C11H10BrClF3NO3S/c1-6-8(10(18)17(2)5-11(14,15)16)3-7(4-9(6)12)21(13,19)20/h3-4H,5H2,1-2H3. The van der Waals surface area contributed by atoms with E-state index in [-0.39, 0.29) is 14.9 Å². The Morgan fingerprint density at radius 1 is 1.38 bits per heavy atom. The van der Waals surface area contributed by atoms with Gasteiger partial charge in [0, 0.05) is 27.8 Å². The van der Waals surface area contributed by atoms with Gasteiger partial charge in [-0.1, -0.05) is 15.9 Å². The zero-order chi connectivity index (χ0) is 16.6. The summed E-state index contributed by atoms with van der Waals surface area (Å²) in [5, 5.41) is 0. The van der Waals surface area contributed by atoms with Crippen LogP contribution < -0.4 is 0 Å².